The molecule has 0 amide bonds. The zero-order chi connectivity index (χ0) is 19.1. The van der Waals surface area contributed by atoms with Crippen molar-refractivity contribution in [2.45, 2.75) is 18.8 Å². The van der Waals surface area contributed by atoms with E-state index in [4.69, 9.17) is 13.9 Å². The molecule has 4 aromatic rings. The average Bonchev–Trinajstić information content (AvgIpc) is 3.12. The first-order valence-electron chi connectivity index (χ1n) is 9.45. The molecule has 2 heterocycles. The number of hydrogen-bond donors (Lipinski definition) is 0. The van der Waals surface area contributed by atoms with E-state index in [0.717, 1.165) is 28.2 Å². The highest BCUT2D eigenvalue weighted by atomic mass is 16.5. The van der Waals surface area contributed by atoms with Gasteiger partial charge in [-0.3, -0.25) is 0 Å². The van der Waals surface area contributed by atoms with E-state index in [1.54, 1.807) is 7.11 Å². The summed E-state index contributed by atoms with van der Waals surface area (Å²) < 4.78 is 17.3. The zero-order valence-electron chi connectivity index (χ0n) is 15.9. The summed E-state index contributed by atoms with van der Waals surface area (Å²) in [5.74, 6) is 2.77. The van der Waals surface area contributed by atoms with E-state index in [2.05, 4.69) is 47.4 Å². The SMILES string of the molecule is COc1ccc2c(c1)C(c1ccc3oc(C)nc3c1)C(c1ccccc1)CO2. The van der Waals surface area contributed by atoms with Crippen LogP contribution in [-0.2, 0) is 0 Å². The lowest BCUT2D eigenvalue weighted by atomic mass is 9.76. The topological polar surface area (TPSA) is 44.5 Å². The predicted octanol–water partition coefficient (Wildman–Crippen LogP) is 5.45. The van der Waals surface area contributed by atoms with Gasteiger partial charge >= 0.3 is 0 Å². The number of hydrogen-bond acceptors (Lipinski definition) is 4. The standard InChI is InChI=1S/C24H21NO3/c1-15-25-21-12-17(8-10-23(21)28-15)24-19-13-18(26-2)9-11-22(19)27-14-20(24)16-6-4-3-5-7-16/h3-13,20,24H,14H2,1-2H3. The van der Waals surface area contributed by atoms with Gasteiger partial charge < -0.3 is 13.9 Å². The molecule has 1 aliphatic rings. The van der Waals surface area contributed by atoms with Crippen molar-refractivity contribution in [2.24, 2.45) is 0 Å². The van der Waals surface area contributed by atoms with Crippen molar-refractivity contribution in [3.05, 3.63) is 89.3 Å². The van der Waals surface area contributed by atoms with E-state index in [-0.39, 0.29) is 11.8 Å². The second kappa shape index (κ2) is 6.71. The average molecular weight is 371 g/mol. The van der Waals surface area contributed by atoms with Gasteiger partial charge in [0, 0.05) is 24.3 Å². The molecular formula is C24H21NO3. The highest BCUT2D eigenvalue weighted by Gasteiger charge is 2.34. The van der Waals surface area contributed by atoms with E-state index < -0.39 is 0 Å². The van der Waals surface area contributed by atoms with Gasteiger partial charge in [-0.2, -0.15) is 0 Å². The predicted molar refractivity (Wildman–Crippen MR) is 108 cm³/mol. The summed E-state index contributed by atoms with van der Waals surface area (Å²) in [6.45, 7) is 2.50. The lowest BCUT2D eigenvalue weighted by molar-refractivity contribution is 0.248. The van der Waals surface area contributed by atoms with Crippen molar-refractivity contribution < 1.29 is 13.9 Å². The molecule has 0 N–H and O–H groups in total. The molecule has 5 rings (SSSR count). The number of nitrogens with zero attached hydrogens (tertiary/aromatic N) is 1. The quantitative estimate of drug-likeness (QED) is 0.480. The molecule has 1 aromatic heterocycles. The van der Waals surface area contributed by atoms with Crippen LogP contribution in [0, 0.1) is 6.92 Å². The van der Waals surface area contributed by atoms with Gasteiger partial charge in [-0.25, -0.2) is 4.98 Å². The Hall–Kier alpha value is -3.27. The number of aromatic nitrogens is 1. The Kier molecular flexibility index (Phi) is 4.05. The highest BCUT2D eigenvalue weighted by Crippen LogP contribution is 2.47. The van der Waals surface area contributed by atoms with E-state index in [1.807, 2.05) is 31.2 Å². The van der Waals surface area contributed by atoms with Crippen molar-refractivity contribution in [1.29, 1.82) is 0 Å². The molecule has 2 unspecified atom stereocenters. The lowest BCUT2D eigenvalue weighted by Gasteiger charge is -2.34. The van der Waals surface area contributed by atoms with Gasteiger partial charge in [0.05, 0.1) is 13.7 Å². The minimum absolute atomic E-state index is 0.141. The van der Waals surface area contributed by atoms with Crippen LogP contribution in [0.3, 0.4) is 0 Å². The van der Waals surface area contributed by atoms with Crippen molar-refractivity contribution >= 4 is 11.1 Å². The molecule has 140 valence electrons. The first kappa shape index (κ1) is 16.9. The second-order valence-corrected chi connectivity index (χ2v) is 7.17. The van der Waals surface area contributed by atoms with E-state index in [0.29, 0.717) is 12.5 Å². The van der Waals surface area contributed by atoms with Gasteiger partial charge in [-0.05, 0) is 41.5 Å². The second-order valence-electron chi connectivity index (χ2n) is 7.17. The molecule has 2 atom stereocenters. The molecule has 0 aliphatic carbocycles. The highest BCUT2D eigenvalue weighted by molar-refractivity contribution is 5.74. The van der Waals surface area contributed by atoms with Crippen LogP contribution in [0.5, 0.6) is 11.5 Å². The van der Waals surface area contributed by atoms with Gasteiger partial charge in [-0.15, -0.1) is 0 Å². The fraction of sp³-hybridized carbons (Fsp3) is 0.208. The van der Waals surface area contributed by atoms with Crippen LogP contribution in [0.4, 0.5) is 0 Å². The normalized spacial score (nSPS) is 18.5. The summed E-state index contributed by atoms with van der Waals surface area (Å²) in [4.78, 5) is 4.53. The molecule has 0 radical (unpaired) electrons. The van der Waals surface area contributed by atoms with Crippen LogP contribution in [-0.4, -0.2) is 18.7 Å². The number of ether oxygens (including phenoxy) is 2. The third-order valence-electron chi connectivity index (χ3n) is 5.48. The van der Waals surface area contributed by atoms with Gasteiger partial charge in [0.15, 0.2) is 11.5 Å². The molecule has 0 fully saturated rings. The third-order valence-corrected chi connectivity index (χ3v) is 5.48. The van der Waals surface area contributed by atoms with E-state index in [9.17, 15) is 0 Å². The van der Waals surface area contributed by atoms with Crippen LogP contribution in [0.2, 0.25) is 0 Å². The molecule has 3 aromatic carbocycles. The smallest absolute Gasteiger partial charge is 0.192 e. The first-order valence-corrected chi connectivity index (χ1v) is 9.45. The van der Waals surface area contributed by atoms with Crippen molar-refractivity contribution in [2.75, 3.05) is 13.7 Å². The fourth-order valence-electron chi connectivity index (χ4n) is 4.17. The van der Waals surface area contributed by atoms with E-state index in [1.165, 1.54) is 11.1 Å². The molecule has 0 saturated carbocycles. The monoisotopic (exact) mass is 371 g/mol. The largest absolute Gasteiger partial charge is 0.497 e. The molecule has 1 aliphatic heterocycles. The van der Waals surface area contributed by atoms with Crippen molar-refractivity contribution in [3.63, 3.8) is 0 Å². The Morgan fingerprint density at radius 3 is 2.64 bits per heavy atom. The summed E-state index contributed by atoms with van der Waals surface area (Å²) >= 11 is 0. The van der Waals surface area contributed by atoms with Crippen LogP contribution in [0.1, 0.15) is 34.4 Å². The maximum absolute atomic E-state index is 6.14. The number of rotatable bonds is 3. The number of benzene rings is 3. The Morgan fingerprint density at radius 2 is 1.82 bits per heavy atom. The molecule has 0 saturated heterocycles. The summed E-state index contributed by atoms with van der Waals surface area (Å²) in [6.07, 6.45) is 0. The number of aryl methyl sites for hydroxylation is 1. The Morgan fingerprint density at radius 1 is 0.964 bits per heavy atom. The molecule has 4 nitrogen and oxygen atoms in total. The van der Waals surface area contributed by atoms with Crippen LogP contribution in [0.25, 0.3) is 11.1 Å². The van der Waals surface area contributed by atoms with Gasteiger partial charge in [0.25, 0.3) is 0 Å². The van der Waals surface area contributed by atoms with Crippen LogP contribution < -0.4 is 9.47 Å². The fourth-order valence-corrected chi connectivity index (χ4v) is 4.17. The number of methoxy groups -OCH3 is 1. The Bertz CT molecular complexity index is 1130. The third kappa shape index (κ3) is 2.82. The minimum atomic E-state index is 0.141. The Labute approximate surface area is 163 Å². The Balaban J connectivity index is 1.70. The van der Waals surface area contributed by atoms with Crippen molar-refractivity contribution in [1.82, 2.24) is 4.98 Å². The molecule has 4 heteroatoms. The van der Waals surface area contributed by atoms with Crippen molar-refractivity contribution in [3.8, 4) is 11.5 Å². The number of fused-ring (bicyclic) bond motifs is 2. The zero-order valence-corrected chi connectivity index (χ0v) is 15.9. The summed E-state index contributed by atoms with van der Waals surface area (Å²) in [7, 11) is 1.69. The van der Waals surface area contributed by atoms with Gasteiger partial charge in [-0.1, -0.05) is 36.4 Å². The van der Waals surface area contributed by atoms with Gasteiger partial charge in [0.1, 0.15) is 17.0 Å². The van der Waals surface area contributed by atoms with Gasteiger partial charge in [0.2, 0.25) is 0 Å². The van der Waals surface area contributed by atoms with E-state index >= 15 is 0 Å². The molecule has 0 spiro atoms. The maximum atomic E-state index is 6.14. The maximum Gasteiger partial charge on any atom is 0.192 e. The first-order chi connectivity index (χ1) is 13.7. The summed E-state index contributed by atoms with van der Waals surface area (Å²) in [5, 5.41) is 0. The molecule has 0 bridgehead atoms. The summed E-state index contributed by atoms with van der Waals surface area (Å²) in [5.41, 5.74) is 5.30. The molecule has 28 heavy (non-hydrogen) atoms. The van der Waals surface area contributed by atoms with Crippen LogP contribution in [0.15, 0.2) is 71.1 Å². The summed E-state index contributed by atoms with van der Waals surface area (Å²) in [6, 6.07) is 22.9. The lowest BCUT2D eigenvalue weighted by Crippen LogP contribution is -2.25. The van der Waals surface area contributed by atoms with Crippen LogP contribution >= 0.6 is 0 Å². The minimum Gasteiger partial charge on any atom is -0.497 e. The number of oxazole rings is 1. The molecular weight excluding hydrogens is 350 g/mol.